The molecule has 0 saturated heterocycles. The molecule has 0 aromatic carbocycles. The largest absolute Gasteiger partial charge is 0.356 e. The van der Waals surface area contributed by atoms with Crippen LogP contribution in [-0.2, 0) is 11.2 Å². The summed E-state index contributed by atoms with van der Waals surface area (Å²) in [4.78, 5) is 15.2. The minimum absolute atomic E-state index is 0.130. The second-order valence-corrected chi connectivity index (χ2v) is 4.23. The van der Waals surface area contributed by atoms with Crippen molar-refractivity contribution in [3.63, 3.8) is 0 Å². The average molecular weight is 249 g/mol. The average Bonchev–Trinajstić information content (AvgIpc) is 2.42. The summed E-state index contributed by atoms with van der Waals surface area (Å²) in [6, 6.07) is 6.01. The Labute approximate surface area is 109 Å². The highest BCUT2D eigenvalue weighted by Crippen LogP contribution is 1.96. The van der Waals surface area contributed by atoms with E-state index in [1.54, 1.807) is 0 Å². The molecule has 0 radical (unpaired) electrons. The van der Waals surface area contributed by atoms with Crippen molar-refractivity contribution in [2.75, 3.05) is 19.6 Å². The van der Waals surface area contributed by atoms with Crippen LogP contribution in [0.2, 0.25) is 0 Å². The predicted molar refractivity (Wildman–Crippen MR) is 73.3 cm³/mol. The normalized spacial score (nSPS) is 10.3. The third-order valence-corrected chi connectivity index (χ3v) is 2.69. The molecule has 1 amide bonds. The van der Waals surface area contributed by atoms with Crippen molar-refractivity contribution in [3.8, 4) is 0 Å². The molecule has 100 valence electrons. The van der Waals surface area contributed by atoms with Gasteiger partial charge in [-0.2, -0.15) is 0 Å². The van der Waals surface area contributed by atoms with E-state index in [4.69, 9.17) is 0 Å². The van der Waals surface area contributed by atoms with E-state index in [9.17, 15) is 4.79 Å². The zero-order chi connectivity index (χ0) is 13.1. The van der Waals surface area contributed by atoms with Crippen LogP contribution in [-0.4, -0.2) is 30.5 Å². The van der Waals surface area contributed by atoms with Gasteiger partial charge in [0.25, 0.3) is 0 Å². The van der Waals surface area contributed by atoms with Gasteiger partial charge >= 0.3 is 0 Å². The second-order valence-electron chi connectivity index (χ2n) is 4.23. The highest BCUT2D eigenvalue weighted by Gasteiger charge is 1.95. The zero-order valence-corrected chi connectivity index (χ0v) is 11.1. The van der Waals surface area contributed by atoms with Crippen LogP contribution in [0.4, 0.5) is 0 Å². The fourth-order valence-corrected chi connectivity index (χ4v) is 1.63. The first-order valence-electron chi connectivity index (χ1n) is 6.70. The lowest BCUT2D eigenvalue weighted by molar-refractivity contribution is -0.120. The molecule has 0 saturated carbocycles. The van der Waals surface area contributed by atoms with Crippen molar-refractivity contribution < 1.29 is 4.79 Å². The minimum atomic E-state index is 0.130. The lowest BCUT2D eigenvalue weighted by atomic mass is 10.2. The third kappa shape index (κ3) is 7.01. The highest BCUT2D eigenvalue weighted by molar-refractivity contribution is 5.75. The Bertz CT molecular complexity index is 327. The number of carbonyl (C=O) groups is 1. The van der Waals surface area contributed by atoms with Crippen molar-refractivity contribution in [1.82, 2.24) is 15.6 Å². The number of hydrogen-bond donors (Lipinski definition) is 2. The standard InChI is InChI=1S/C14H23N3O/c1-2-14(18)17-12-6-10-15-9-5-8-13-7-3-4-11-16-13/h3-4,7,11,15H,2,5-6,8-10,12H2,1H3,(H,17,18). The van der Waals surface area contributed by atoms with Crippen molar-refractivity contribution in [2.24, 2.45) is 0 Å². The SMILES string of the molecule is CCC(=O)NCCCNCCCc1ccccn1. The summed E-state index contributed by atoms with van der Waals surface area (Å²) in [5.74, 6) is 0.130. The van der Waals surface area contributed by atoms with E-state index >= 15 is 0 Å². The van der Waals surface area contributed by atoms with Crippen LogP contribution in [0.5, 0.6) is 0 Å². The first-order chi connectivity index (χ1) is 8.83. The molecule has 18 heavy (non-hydrogen) atoms. The Hall–Kier alpha value is -1.42. The number of amides is 1. The number of aryl methyl sites for hydroxylation is 1. The van der Waals surface area contributed by atoms with E-state index in [1.807, 2.05) is 25.3 Å². The third-order valence-electron chi connectivity index (χ3n) is 2.69. The van der Waals surface area contributed by atoms with Gasteiger partial charge in [0.05, 0.1) is 0 Å². The molecule has 0 spiro atoms. The summed E-state index contributed by atoms with van der Waals surface area (Å²) in [7, 11) is 0. The summed E-state index contributed by atoms with van der Waals surface area (Å²) >= 11 is 0. The van der Waals surface area contributed by atoms with Crippen LogP contribution >= 0.6 is 0 Å². The molecule has 0 aliphatic heterocycles. The molecule has 2 N–H and O–H groups in total. The summed E-state index contributed by atoms with van der Waals surface area (Å²) in [5.41, 5.74) is 1.15. The lowest BCUT2D eigenvalue weighted by Gasteiger charge is -2.05. The molecular formula is C14H23N3O. The molecule has 0 bridgehead atoms. The monoisotopic (exact) mass is 249 g/mol. The van der Waals surface area contributed by atoms with Crippen molar-refractivity contribution in [2.45, 2.75) is 32.6 Å². The lowest BCUT2D eigenvalue weighted by Crippen LogP contribution is -2.27. The smallest absolute Gasteiger partial charge is 0.219 e. The number of rotatable bonds is 9. The Kier molecular flexibility index (Phi) is 7.80. The maximum atomic E-state index is 11.0. The summed E-state index contributed by atoms with van der Waals surface area (Å²) in [5, 5.41) is 6.23. The van der Waals surface area contributed by atoms with E-state index in [2.05, 4.69) is 21.7 Å². The Morgan fingerprint density at radius 3 is 2.78 bits per heavy atom. The Morgan fingerprint density at radius 1 is 1.22 bits per heavy atom. The number of nitrogens with zero attached hydrogens (tertiary/aromatic N) is 1. The molecule has 1 rings (SSSR count). The molecule has 0 aliphatic rings. The molecule has 4 nitrogen and oxygen atoms in total. The summed E-state index contributed by atoms with van der Waals surface area (Å²) in [6.07, 6.45) is 5.49. The van der Waals surface area contributed by atoms with Crippen LogP contribution < -0.4 is 10.6 Å². The van der Waals surface area contributed by atoms with Crippen molar-refractivity contribution in [1.29, 1.82) is 0 Å². The summed E-state index contributed by atoms with van der Waals surface area (Å²) < 4.78 is 0. The fourth-order valence-electron chi connectivity index (χ4n) is 1.63. The van der Waals surface area contributed by atoms with Crippen LogP contribution in [0.25, 0.3) is 0 Å². The van der Waals surface area contributed by atoms with Gasteiger partial charge in [0, 0.05) is 24.9 Å². The minimum Gasteiger partial charge on any atom is -0.356 e. The summed E-state index contributed by atoms with van der Waals surface area (Å²) in [6.45, 7) is 4.58. The number of carbonyl (C=O) groups excluding carboxylic acids is 1. The molecule has 1 aromatic heterocycles. The maximum Gasteiger partial charge on any atom is 0.219 e. The van der Waals surface area contributed by atoms with Gasteiger partial charge in [-0.1, -0.05) is 13.0 Å². The maximum absolute atomic E-state index is 11.0. The quantitative estimate of drug-likeness (QED) is 0.652. The van der Waals surface area contributed by atoms with Gasteiger partial charge in [-0.05, 0) is 44.5 Å². The molecule has 0 fully saturated rings. The second kappa shape index (κ2) is 9.59. The number of hydrogen-bond acceptors (Lipinski definition) is 3. The van der Waals surface area contributed by atoms with Crippen LogP contribution in [0, 0.1) is 0 Å². The van der Waals surface area contributed by atoms with E-state index in [-0.39, 0.29) is 5.91 Å². The van der Waals surface area contributed by atoms with Crippen molar-refractivity contribution in [3.05, 3.63) is 30.1 Å². The van der Waals surface area contributed by atoms with Crippen molar-refractivity contribution >= 4 is 5.91 Å². The van der Waals surface area contributed by atoms with Gasteiger partial charge in [0.1, 0.15) is 0 Å². The highest BCUT2D eigenvalue weighted by atomic mass is 16.1. The first kappa shape index (κ1) is 14.6. The molecule has 1 heterocycles. The van der Waals surface area contributed by atoms with E-state index in [0.29, 0.717) is 6.42 Å². The van der Waals surface area contributed by atoms with Crippen LogP contribution in [0.1, 0.15) is 31.9 Å². The van der Waals surface area contributed by atoms with E-state index in [0.717, 1.165) is 44.6 Å². The molecule has 1 aromatic rings. The van der Waals surface area contributed by atoms with E-state index in [1.165, 1.54) is 0 Å². The Morgan fingerprint density at radius 2 is 2.06 bits per heavy atom. The number of aromatic nitrogens is 1. The zero-order valence-electron chi connectivity index (χ0n) is 11.1. The number of nitrogens with one attached hydrogen (secondary N) is 2. The Balaban J connectivity index is 1.89. The topological polar surface area (TPSA) is 54.0 Å². The molecular weight excluding hydrogens is 226 g/mol. The van der Waals surface area contributed by atoms with Gasteiger partial charge < -0.3 is 10.6 Å². The van der Waals surface area contributed by atoms with Gasteiger partial charge in [-0.15, -0.1) is 0 Å². The van der Waals surface area contributed by atoms with Crippen LogP contribution in [0.15, 0.2) is 24.4 Å². The molecule has 0 aliphatic carbocycles. The van der Waals surface area contributed by atoms with Gasteiger partial charge in [-0.3, -0.25) is 9.78 Å². The molecule has 0 atom stereocenters. The van der Waals surface area contributed by atoms with Crippen LogP contribution in [0.3, 0.4) is 0 Å². The van der Waals surface area contributed by atoms with Gasteiger partial charge in [0.2, 0.25) is 5.91 Å². The number of pyridine rings is 1. The predicted octanol–water partition coefficient (Wildman–Crippen LogP) is 1.52. The first-order valence-corrected chi connectivity index (χ1v) is 6.70. The van der Waals surface area contributed by atoms with E-state index < -0.39 is 0 Å². The molecule has 4 heteroatoms. The van der Waals surface area contributed by atoms with Gasteiger partial charge in [0.15, 0.2) is 0 Å². The molecule has 0 unspecified atom stereocenters. The fraction of sp³-hybridized carbons (Fsp3) is 0.571. The van der Waals surface area contributed by atoms with Gasteiger partial charge in [-0.25, -0.2) is 0 Å².